The summed E-state index contributed by atoms with van der Waals surface area (Å²) in [5, 5.41) is 3.92. The summed E-state index contributed by atoms with van der Waals surface area (Å²) in [7, 11) is 0. The van der Waals surface area contributed by atoms with Crippen molar-refractivity contribution < 1.29 is 16.8 Å². The Labute approximate surface area is 123 Å². The summed E-state index contributed by atoms with van der Waals surface area (Å²) in [6, 6.07) is 21.7. The molecular weight excluding hydrogens is 266 g/mol. The molecule has 2 heterocycles. The third-order valence-corrected chi connectivity index (χ3v) is 3.76. The number of nitrogens with zero attached hydrogens (tertiary/aromatic N) is 1. The zero-order valence-electron chi connectivity index (χ0n) is 11.2. The number of pyridine rings is 2. The van der Waals surface area contributed by atoms with Gasteiger partial charge in [0, 0.05) is 23.8 Å². The molecule has 0 unspecified atom stereocenters. The van der Waals surface area contributed by atoms with Crippen molar-refractivity contribution in [3.8, 4) is 0 Å². The van der Waals surface area contributed by atoms with Gasteiger partial charge in [-0.25, -0.2) is 0 Å². The first-order chi connectivity index (χ1) is 9.33. The average Bonchev–Trinajstić information content (AvgIpc) is 2.46. The molecule has 98 valence electrons. The van der Waals surface area contributed by atoms with Gasteiger partial charge in [-0.1, -0.05) is 24.3 Å². The molecule has 0 saturated heterocycles. The van der Waals surface area contributed by atoms with Crippen LogP contribution in [0.1, 0.15) is 5.56 Å². The van der Waals surface area contributed by atoms with E-state index in [1.807, 2.05) is 0 Å². The van der Waals surface area contributed by atoms with E-state index in [4.69, 9.17) is 0 Å². The maximum atomic E-state index is 2.27. The Morgan fingerprint density at radius 3 is 2.45 bits per heavy atom. The second-order valence-electron chi connectivity index (χ2n) is 5.05. The van der Waals surface area contributed by atoms with Gasteiger partial charge in [-0.2, -0.15) is 4.40 Å². The van der Waals surface area contributed by atoms with Crippen LogP contribution in [0.2, 0.25) is 0 Å². The zero-order chi connectivity index (χ0) is 12.8. The molecule has 0 aliphatic rings. The van der Waals surface area contributed by atoms with E-state index in [9.17, 15) is 0 Å². The molecular formula is C18H14ClN. The fourth-order valence-electron chi connectivity index (χ4n) is 2.80. The first-order valence-corrected chi connectivity index (χ1v) is 6.55. The van der Waals surface area contributed by atoms with Crippen LogP contribution in [0.25, 0.3) is 27.2 Å². The van der Waals surface area contributed by atoms with Crippen LogP contribution in [0.3, 0.4) is 0 Å². The summed E-state index contributed by atoms with van der Waals surface area (Å²) < 4.78 is 2.27. The van der Waals surface area contributed by atoms with E-state index >= 15 is 0 Å². The van der Waals surface area contributed by atoms with Crippen LogP contribution in [0, 0.1) is 6.92 Å². The summed E-state index contributed by atoms with van der Waals surface area (Å²) in [5.74, 6) is 0. The van der Waals surface area contributed by atoms with E-state index in [2.05, 4.69) is 78.2 Å². The minimum atomic E-state index is 0. The highest BCUT2D eigenvalue weighted by Gasteiger charge is 2.10. The van der Waals surface area contributed by atoms with Gasteiger partial charge in [0.2, 0.25) is 11.0 Å². The molecule has 0 atom stereocenters. The fraction of sp³-hybridized carbons (Fsp3) is 0.0556. The third-order valence-electron chi connectivity index (χ3n) is 3.76. The van der Waals surface area contributed by atoms with Gasteiger partial charge in [0.1, 0.15) is 0 Å². The second kappa shape index (κ2) is 4.77. The van der Waals surface area contributed by atoms with Gasteiger partial charge in [-0.15, -0.1) is 0 Å². The van der Waals surface area contributed by atoms with Gasteiger partial charge in [-0.3, -0.25) is 0 Å². The van der Waals surface area contributed by atoms with Crippen molar-refractivity contribution in [3.05, 3.63) is 72.4 Å². The molecule has 2 aromatic heterocycles. The highest BCUT2D eigenvalue weighted by Crippen LogP contribution is 2.23. The van der Waals surface area contributed by atoms with Crippen LogP contribution in [-0.2, 0) is 0 Å². The molecule has 0 N–H and O–H groups in total. The molecule has 4 rings (SSSR count). The Balaban J connectivity index is 0.00000121. The summed E-state index contributed by atoms with van der Waals surface area (Å²) in [6.07, 6.45) is 2.20. The van der Waals surface area contributed by atoms with Crippen LogP contribution in [0.15, 0.2) is 66.9 Å². The Kier molecular flexibility index (Phi) is 3.07. The Hall–Kier alpha value is -2.12. The molecule has 2 aromatic carbocycles. The van der Waals surface area contributed by atoms with E-state index in [1.54, 1.807) is 0 Å². The van der Waals surface area contributed by atoms with Gasteiger partial charge in [0.15, 0.2) is 6.20 Å². The third kappa shape index (κ3) is 1.83. The van der Waals surface area contributed by atoms with Crippen LogP contribution < -0.4 is 16.8 Å². The number of benzene rings is 2. The van der Waals surface area contributed by atoms with E-state index in [1.165, 1.54) is 32.8 Å². The van der Waals surface area contributed by atoms with Crippen molar-refractivity contribution in [3.63, 3.8) is 0 Å². The number of fused-ring (bicyclic) bond motifs is 5. The summed E-state index contributed by atoms with van der Waals surface area (Å²) in [6.45, 7) is 2.13. The van der Waals surface area contributed by atoms with Gasteiger partial charge in [0.05, 0.1) is 5.39 Å². The van der Waals surface area contributed by atoms with Crippen LogP contribution in [0.5, 0.6) is 0 Å². The summed E-state index contributed by atoms with van der Waals surface area (Å²) in [4.78, 5) is 0. The Morgan fingerprint density at radius 1 is 0.750 bits per heavy atom. The van der Waals surface area contributed by atoms with Gasteiger partial charge >= 0.3 is 0 Å². The number of rotatable bonds is 0. The van der Waals surface area contributed by atoms with Crippen molar-refractivity contribution in [2.24, 2.45) is 0 Å². The van der Waals surface area contributed by atoms with Crippen molar-refractivity contribution in [1.29, 1.82) is 0 Å². The van der Waals surface area contributed by atoms with E-state index in [0.29, 0.717) is 0 Å². The van der Waals surface area contributed by atoms with Crippen LogP contribution in [0.4, 0.5) is 0 Å². The Morgan fingerprint density at radius 2 is 1.55 bits per heavy atom. The minimum Gasteiger partial charge on any atom is -1.00 e. The topological polar surface area (TPSA) is 4.10 Å². The molecule has 1 nitrogen and oxygen atoms in total. The monoisotopic (exact) mass is 279 g/mol. The maximum absolute atomic E-state index is 2.27. The molecule has 20 heavy (non-hydrogen) atoms. The first-order valence-electron chi connectivity index (χ1n) is 6.55. The number of halogens is 1. The lowest BCUT2D eigenvalue weighted by Gasteiger charge is -2.02. The number of hydrogen-bond donors (Lipinski definition) is 0. The highest BCUT2D eigenvalue weighted by molar-refractivity contribution is 6.05. The smallest absolute Gasteiger partial charge is 0.219 e. The largest absolute Gasteiger partial charge is 1.00 e. The van der Waals surface area contributed by atoms with E-state index < -0.39 is 0 Å². The second-order valence-corrected chi connectivity index (χ2v) is 5.05. The molecule has 0 spiro atoms. The molecule has 0 saturated carbocycles. The molecule has 0 amide bonds. The lowest BCUT2D eigenvalue weighted by Crippen LogP contribution is -3.00. The lowest BCUT2D eigenvalue weighted by atomic mass is 10.0. The molecule has 0 fully saturated rings. The standard InChI is InChI=1S/C18H14N.ClH/c1-13-6-8-15-9-10-17-16-5-3-2-4-14(16)7-11-18(17)19(15)12-13;/h2-12H,1H3;1H/q+1;/p-1. The normalized spacial score (nSPS) is 10.8. The van der Waals surface area contributed by atoms with E-state index in [-0.39, 0.29) is 12.4 Å². The van der Waals surface area contributed by atoms with Crippen molar-refractivity contribution in [1.82, 2.24) is 0 Å². The van der Waals surface area contributed by atoms with Crippen molar-refractivity contribution in [2.75, 3.05) is 0 Å². The van der Waals surface area contributed by atoms with Gasteiger partial charge < -0.3 is 12.4 Å². The Bertz CT molecular complexity index is 928. The zero-order valence-corrected chi connectivity index (χ0v) is 11.9. The quantitative estimate of drug-likeness (QED) is 0.335. The average molecular weight is 280 g/mol. The van der Waals surface area contributed by atoms with Crippen molar-refractivity contribution >= 4 is 27.2 Å². The first kappa shape index (κ1) is 12.9. The highest BCUT2D eigenvalue weighted by atomic mass is 35.5. The molecule has 0 bridgehead atoms. The van der Waals surface area contributed by atoms with Crippen LogP contribution >= 0.6 is 0 Å². The fourth-order valence-corrected chi connectivity index (χ4v) is 2.80. The van der Waals surface area contributed by atoms with E-state index in [0.717, 1.165) is 0 Å². The molecule has 0 radical (unpaired) electrons. The summed E-state index contributed by atoms with van der Waals surface area (Å²) >= 11 is 0. The number of aromatic nitrogens is 1. The minimum absolute atomic E-state index is 0. The molecule has 0 aliphatic carbocycles. The predicted octanol–water partition coefficient (Wildman–Crippen LogP) is 1.04. The maximum Gasteiger partial charge on any atom is 0.219 e. The van der Waals surface area contributed by atoms with Gasteiger partial charge in [0.25, 0.3) is 0 Å². The predicted molar refractivity (Wildman–Crippen MR) is 79.4 cm³/mol. The molecule has 0 aliphatic heterocycles. The molecule has 4 aromatic rings. The summed E-state index contributed by atoms with van der Waals surface area (Å²) in [5.41, 5.74) is 3.77. The van der Waals surface area contributed by atoms with Crippen molar-refractivity contribution in [2.45, 2.75) is 6.92 Å². The molecule has 2 heteroatoms. The number of aryl methyl sites for hydroxylation is 1. The van der Waals surface area contributed by atoms with Gasteiger partial charge in [-0.05, 0) is 35.9 Å². The lowest BCUT2D eigenvalue weighted by molar-refractivity contribution is -0.482. The van der Waals surface area contributed by atoms with Crippen LogP contribution in [-0.4, -0.2) is 0 Å². The number of hydrogen-bond acceptors (Lipinski definition) is 0. The SMILES string of the molecule is Cc1ccc2ccc3c4ccccc4ccc3[n+]2c1.[Cl-].